The Morgan fingerprint density at radius 1 is 1.24 bits per heavy atom. The van der Waals surface area contributed by atoms with E-state index in [1.54, 1.807) is 0 Å². The van der Waals surface area contributed by atoms with Gasteiger partial charge in [0.05, 0.1) is 0 Å². The molecule has 0 saturated heterocycles. The zero-order valence-corrected chi connectivity index (χ0v) is 10.4. The third kappa shape index (κ3) is 2.87. The first-order chi connectivity index (χ1) is 7.96. The summed E-state index contributed by atoms with van der Waals surface area (Å²) in [5.41, 5.74) is 0.624. The fraction of sp³-hybridized carbons (Fsp3) is 0.357. The largest absolute Gasteiger partial charge is 0.459 e. The minimum Gasteiger partial charge on any atom is -0.459 e. The van der Waals surface area contributed by atoms with Crippen LogP contribution in [0.25, 0.3) is 10.9 Å². The number of aromatic nitrogens is 1. The average molecular weight is 231 g/mol. The number of rotatable bonds is 2. The van der Waals surface area contributed by atoms with Crippen molar-refractivity contribution in [3.8, 4) is 0 Å². The van der Waals surface area contributed by atoms with Crippen LogP contribution in [0.2, 0.25) is 0 Å². The molecule has 0 saturated carbocycles. The van der Waals surface area contributed by atoms with Crippen LogP contribution in [-0.4, -0.2) is 16.1 Å². The molecule has 17 heavy (non-hydrogen) atoms. The second-order valence-electron chi connectivity index (χ2n) is 5.09. The summed E-state index contributed by atoms with van der Waals surface area (Å²) in [5, 5.41) is 1.14. The van der Waals surface area contributed by atoms with Crippen LogP contribution >= 0.6 is 0 Å². The molecule has 0 fully saturated rings. The molecule has 0 radical (unpaired) electrons. The fourth-order valence-electron chi connectivity index (χ4n) is 1.79. The van der Waals surface area contributed by atoms with Gasteiger partial charge in [0.1, 0.15) is 12.1 Å². The molecule has 0 unspecified atom stereocenters. The first-order valence-electron chi connectivity index (χ1n) is 5.71. The molecule has 1 aromatic heterocycles. The van der Waals surface area contributed by atoms with Crippen LogP contribution in [0.1, 0.15) is 20.8 Å². The lowest BCUT2D eigenvalue weighted by Gasteiger charge is -2.19. The van der Waals surface area contributed by atoms with Crippen molar-refractivity contribution in [2.75, 3.05) is 0 Å². The maximum Gasteiger partial charge on any atom is 0.326 e. The molecule has 1 aromatic carbocycles. The predicted octanol–water partition coefficient (Wildman–Crippen LogP) is 2.98. The molecule has 1 heterocycles. The van der Waals surface area contributed by atoms with Gasteiger partial charge in [-0.3, -0.25) is 4.79 Å². The topological polar surface area (TPSA) is 31.2 Å². The Balaban J connectivity index is 2.16. The van der Waals surface area contributed by atoms with E-state index in [1.165, 1.54) is 0 Å². The molecule has 0 aliphatic carbocycles. The molecule has 0 aliphatic heterocycles. The number of para-hydroxylation sites is 1. The Labute approximate surface area is 101 Å². The Kier molecular flexibility index (Phi) is 2.92. The lowest BCUT2D eigenvalue weighted by atomic mass is 10.2. The number of hydrogen-bond acceptors (Lipinski definition) is 2. The lowest BCUT2D eigenvalue weighted by Crippen LogP contribution is -2.26. The number of nitrogens with zero attached hydrogens (tertiary/aromatic N) is 1. The van der Waals surface area contributed by atoms with Gasteiger partial charge in [0, 0.05) is 11.7 Å². The highest BCUT2D eigenvalue weighted by Crippen LogP contribution is 2.16. The number of carbonyl (C=O) groups is 1. The lowest BCUT2D eigenvalue weighted by molar-refractivity contribution is -0.155. The van der Waals surface area contributed by atoms with Crippen molar-refractivity contribution in [1.82, 2.24) is 4.57 Å². The Morgan fingerprint density at radius 3 is 2.65 bits per heavy atom. The van der Waals surface area contributed by atoms with E-state index in [9.17, 15) is 4.79 Å². The van der Waals surface area contributed by atoms with E-state index in [0.717, 1.165) is 10.9 Å². The van der Waals surface area contributed by atoms with Crippen molar-refractivity contribution in [3.05, 3.63) is 36.5 Å². The average Bonchev–Trinajstić information content (AvgIpc) is 2.59. The molecule has 0 atom stereocenters. The van der Waals surface area contributed by atoms with Crippen LogP contribution in [0.5, 0.6) is 0 Å². The molecule has 2 aromatic rings. The number of esters is 1. The van der Waals surface area contributed by atoms with Crippen molar-refractivity contribution < 1.29 is 9.53 Å². The summed E-state index contributed by atoms with van der Waals surface area (Å²) >= 11 is 0. The van der Waals surface area contributed by atoms with Crippen molar-refractivity contribution in [3.63, 3.8) is 0 Å². The van der Waals surface area contributed by atoms with Crippen LogP contribution < -0.4 is 0 Å². The van der Waals surface area contributed by atoms with E-state index in [4.69, 9.17) is 4.74 Å². The van der Waals surface area contributed by atoms with Gasteiger partial charge in [0.2, 0.25) is 0 Å². The molecule has 2 rings (SSSR count). The van der Waals surface area contributed by atoms with E-state index in [2.05, 4.69) is 0 Å². The van der Waals surface area contributed by atoms with Crippen LogP contribution in [0.15, 0.2) is 36.5 Å². The number of ether oxygens (including phenoxy) is 1. The van der Waals surface area contributed by atoms with Crippen LogP contribution in [-0.2, 0) is 16.1 Å². The van der Waals surface area contributed by atoms with E-state index < -0.39 is 5.60 Å². The van der Waals surface area contributed by atoms with Gasteiger partial charge in [0.25, 0.3) is 0 Å². The zero-order chi connectivity index (χ0) is 12.5. The van der Waals surface area contributed by atoms with Gasteiger partial charge >= 0.3 is 5.97 Å². The second kappa shape index (κ2) is 4.24. The van der Waals surface area contributed by atoms with Gasteiger partial charge in [-0.15, -0.1) is 0 Å². The minimum absolute atomic E-state index is 0.209. The molecule has 90 valence electrons. The molecule has 3 nitrogen and oxygen atoms in total. The maximum absolute atomic E-state index is 11.7. The normalized spacial score (nSPS) is 11.7. The summed E-state index contributed by atoms with van der Waals surface area (Å²) < 4.78 is 7.21. The first-order valence-corrected chi connectivity index (χ1v) is 5.71. The summed E-state index contributed by atoms with van der Waals surface area (Å²) in [6.07, 6.45) is 1.91. The van der Waals surface area contributed by atoms with E-state index in [1.807, 2.05) is 61.9 Å². The van der Waals surface area contributed by atoms with Crippen molar-refractivity contribution in [1.29, 1.82) is 0 Å². The summed E-state index contributed by atoms with van der Waals surface area (Å²) in [6, 6.07) is 9.98. The van der Waals surface area contributed by atoms with Crippen LogP contribution in [0.4, 0.5) is 0 Å². The summed E-state index contributed by atoms with van der Waals surface area (Å²) in [5.74, 6) is -0.209. The highest BCUT2D eigenvalue weighted by atomic mass is 16.6. The van der Waals surface area contributed by atoms with Gasteiger partial charge in [-0.1, -0.05) is 18.2 Å². The highest BCUT2D eigenvalue weighted by Gasteiger charge is 2.16. The SMILES string of the molecule is CC(C)(C)OC(=O)Cn1ccc2ccccc21. The van der Waals surface area contributed by atoms with Crippen molar-refractivity contribution in [2.45, 2.75) is 32.9 Å². The minimum atomic E-state index is -0.431. The third-order valence-electron chi connectivity index (χ3n) is 2.40. The quantitative estimate of drug-likeness (QED) is 0.744. The third-order valence-corrected chi connectivity index (χ3v) is 2.40. The van der Waals surface area contributed by atoms with Gasteiger partial charge in [0.15, 0.2) is 0 Å². The molecule has 3 heteroatoms. The molecular formula is C14H17NO2. The molecule has 0 amide bonds. The predicted molar refractivity (Wildman–Crippen MR) is 67.8 cm³/mol. The van der Waals surface area contributed by atoms with Crippen molar-refractivity contribution in [2.24, 2.45) is 0 Å². The molecule has 0 spiro atoms. The fourth-order valence-corrected chi connectivity index (χ4v) is 1.79. The van der Waals surface area contributed by atoms with E-state index in [-0.39, 0.29) is 12.5 Å². The first kappa shape index (κ1) is 11.7. The van der Waals surface area contributed by atoms with Crippen LogP contribution in [0.3, 0.4) is 0 Å². The Hall–Kier alpha value is -1.77. The number of fused-ring (bicyclic) bond motifs is 1. The van der Waals surface area contributed by atoms with Gasteiger partial charge in [-0.25, -0.2) is 0 Å². The van der Waals surface area contributed by atoms with Crippen LogP contribution in [0, 0.1) is 0 Å². The van der Waals surface area contributed by atoms with Gasteiger partial charge in [-0.05, 0) is 38.3 Å². The zero-order valence-electron chi connectivity index (χ0n) is 10.4. The monoisotopic (exact) mass is 231 g/mol. The smallest absolute Gasteiger partial charge is 0.326 e. The second-order valence-corrected chi connectivity index (χ2v) is 5.09. The van der Waals surface area contributed by atoms with Crippen molar-refractivity contribution >= 4 is 16.9 Å². The van der Waals surface area contributed by atoms with E-state index in [0.29, 0.717) is 0 Å². The molecule has 0 N–H and O–H groups in total. The Morgan fingerprint density at radius 2 is 1.94 bits per heavy atom. The van der Waals surface area contributed by atoms with Gasteiger partial charge in [-0.2, -0.15) is 0 Å². The standard InChI is InChI=1S/C14H17NO2/c1-14(2,3)17-13(16)10-15-9-8-11-6-4-5-7-12(11)15/h4-9H,10H2,1-3H3. The number of hydrogen-bond donors (Lipinski definition) is 0. The molecule has 0 aliphatic rings. The summed E-state index contributed by atoms with van der Waals surface area (Å²) in [7, 11) is 0. The highest BCUT2D eigenvalue weighted by molar-refractivity contribution is 5.81. The Bertz CT molecular complexity index is 534. The van der Waals surface area contributed by atoms with E-state index >= 15 is 0 Å². The maximum atomic E-state index is 11.7. The van der Waals surface area contributed by atoms with Gasteiger partial charge < -0.3 is 9.30 Å². The molecule has 0 bridgehead atoms. The summed E-state index contributed by atoms with van der Waals surface area (Å²) in [6.45, 7) is 5.88. The number of carbonyl (C=O) groups excluding carboxylic acids is 1. The summed E-state index contributed by atoms with van der Waals surface area (Å²) in [4.78, 5) is 11.7. The molecular weight excluding hydrogens is 214 g/mol. The number of benzene rings is 1.